The Bertz CT molecular complexity index is 1130. The molecule has 5 nitrogen and oxygen atoms in total. The first-order valence-electron chi connectivity index (χ1n) is 9.29. The minimum atomic E-state index is -0.450. The van der Waals surface area contributed by atoms with Crippen molar-refractivity contribution in [1.29, 1.82) is 0 Å². The van der Waals surface area contributed by atoms with Gasteiger partial charge in [-0.2, -0.15) is 0 Å². The summed E-state index contributed by atoms with van der Waals surface area (Å²) in [6.45, 7) is 1.86. The Labute approximate surface area is 174 Å². The molecule has 146 valence electrons. The number of ether oxygens (including phenoxy) is 1. The van der Waals surface area contributed by atoms with Crippen LogP contribution in [0.3, 0.4) is 0 Å². The molecule has 6 heteroatoms. The summed E-state index contributed by atoms with van der Waals surface area (Å²) >= 11 is 5.40. The number of allylic oxidation sites excluding steroid dienone is 1. The summed E-state index contributed by atoms with van der Waals surface area (Å²) in [6, 6.07) is 20.9. The average molecular weight is 404 g/mol. The molecule has 3 N–H and O–H groups in total. The van der Waals surface area contributed by atoms with Gasteiger partial charge in [0.1, 0.15) is 5.75 Å². The standard InChI is InChI=1S/C23H21N3O2S/c1-14-19(22(27)25-16-9-4-3-5-10-16)21(26-23(29)24-14)20-17-11-7-6-8-15(17)12-13-18(20)28-2/h3-13,21H,1-2H3,(H,25,27)(H2,24,26,29). The molecule has 3 aromatic carbocycles. The fourth-order valence-electron chi connectivity index (χ4n) is 3.68. The molecular formula is C23H21N3O2S. The van der Waals surface area contributed by atoms with E-state index in [0.29, 0.717) is 22.1 Å². The predicted molar refractivity (Wildman–Crippen MR) is 120 cm³/mol. The van der Waals surface area contributed by atoms with E-state index in [9.17, 15) is 4.79 Å². The van der Waals surface area contributed by atoms with E-state index >= 15 is 0 Å². The number of thiocarbonyl (C=S) groups is 1. The number of amides is 1. The Morgan fingerprint density at radius 1 is 1.03 bits per heavy atom. The van der Waals surface area contributed by atoms with Crippen LogP contribution < -0.4 is 20.7 Å². The lowest BCUT2D eigenvalue weighted by Crippen LogP contribution is -2.46. The third-order valence-corrected chi connectivity index (χ3v) is 5.20. The third-order valence-electron chi connectivity index (χ3n) is 4.98. The number of carbonyl (C=O) groups excluding carboxylic acids is 1. The van der Waals surface area contributed by atoms with Crippen molar-refractivity contribution in [2.45, 2.75) is 13.0 Å². The molecule has 1 aliphatic heterocycles. The minimum Gasteiger partial charge on any atom is -0.496 e. The molecule has 0 radical (unpaired) electrons. The van der Waals surface area contributed by atoms with E-state index in [0.717, 1.165) is 22.0 Å². The summed E-state index contributed by atoms with van der Waals surface area (Å²) < 4.78 is 5.67. The lowest BCUT2D eigenvalue weighted by molar-refractivity contribution is -0.113. The molecule has 29 heavy (non-hydrogen) atoms. The molecule has 0 fully saturated rings. The van der Waals surface area contributed by atoms with E-state index in [1.165, 1.54) is 0 Å². The van der Waals surface area contributed by atoms with Crippen LogP contribution in [0.15, 0.2) is 78.0 Å². The normalized spacial score (nSPS) is 16.2. The molecule has 4 rings (SSSR count). The Morgan fingerprint density at radius 3 is 2.52 bits per heavy atom. The summed E-state index contributed by atoms with van der Waals surface area (Å²) in [5, 5.41) is 11.9. The lowest BCUT2D eigenvalue weighted by atomic mass is 9.90. The van der Waals surface area contributed by atoms with Crippen LogP contribution in [0.5, 0.6) is 5.75 Å². The number of para-hydroxylation sites is 1. The van der Waals surface area contributed by atoms with E-state index in [-0.39, 0.29) is 5.91 Å². The zero-order valence-corrected chi connectivity index (χ0v) is 17.0. The van der Waals surface area contributed by atoms with Gasteiger partial charge in [-0.05, 0) is 48.1 Å². The molecule has 0 saturated carbocycles. The lowest BCUT2D eigenvalue weighted by Gasteiger charge is -2.32. The van der Waals surface area contributed by atoms with Gasteiger partial charge in [0.2, 0.25) is 0 Å². The first kappa shape index (κ1) is 19.0. The van der Waals surface area contributed by atoms with Gasteiger partial charge >= 0.3 is 0 Å². The highest BCUT2D eigenvalue weighted by molar-refractivity contribution is 7.80. The summed E-state index contributed by atoms with van der Waals surface area (Å²) in [6.07, 6.45) is 0. The number of anilines is 1. The van der Waals surface area contributed by atoms with Crippen molar-refractivity contribution in [3.63, 3.8) is 0 Å². The number of methoxy groups -OCH3 is 1. The molecule has 1 heterocycles. The molecule has 1 atom stereocenters. The van der Waals surface area contributed by atoms with E-state index in [1.807, 2.05) is 73.7 Å². The van der Waals surface area contributed by atoms with Crippen molar-refractivity contribution in [2.24, 2.45) is 0 Å². The Hall–Kier alpha value is -3.38. The quantitative estimate of drug-likeness (QED) is 0.568. The molecular weight excluding hydrogens is 382 g/mol. The molecule has 0 bridgehead atoms. The molecule has 0 aliphatic carbocycles. The van der Waals surface area contributed by atoms with Crippen LogP contribution in [0.2, 0.25) is 0 Å². The van der Waals surface area contributed by atoms with Crippen LogP contribution in [-0.2, 0) is 4.79 Å². The maximum absolute atomic E-state index is 13.3. The fourth-order valence-corrected chi connectivity index (χ4v) is 3.95. The molecule has 0 aromatic heterocycles. The highest BCUT2D eigenvalue weighted by atomic mass is 32.1. The molecule has 1 unspecified atom stereocenters. The van der Waals surface area contributed by atoms with Gasteiger partial charge in [-0.1, -0.05) is 48.5 Å². The topological polar surface area (TPSA) is 62.4 Å². The van der Waals surface area contributed by atoms with Crippen LogP contribution in [0.25, 0.3) is 10.8 Å². The van der Waals surface area contributed by atoms with Gasteiger partial charge in [0.25, 0.3) is 5.91 Å². The first-order chi connectivity index (χ1) is 14.1. The van der Waals surface area contributed by atoms with Gasteiger partial charge in [-0.3, -0.25) is 4.79 Å². The number of rotatable bonds is 4. The number of carbonyl (C=O) groups is 1. The van der Waals surface area contributed by atoms with Crippen molar-refractivity contribution in [1.82, 2.24) is 10.6 Å². The number of benzene rings is 3. The highest BCUT2D eigenvalue weighted by Crippen LogP contribution is 2.38. The largest absolute Gasteiger partial charge is 0.496 e. The van der Waals surface area contributed by atoms with Crippen LogP contribution in [0.1, 0.15) is 18.5 Å². The number of nitrogens with one attached hydrogen (secondary N) is 3. The van der Waals surface area contributed by atoms with Crippen LogP contribution in [0.4, 0.5) is 5.69 Å². The zero-order valence-electron chi connectivity index (χ0n) is 16.2. The monoisotopic (exact) mass is 403 g/mol. The first-order valence-corrected chi connectivity index (χ1v) is 9.69. The average Bonchev–Trinajstić information content (AvgIpc) is 2.72. The van der Waals surface area contributed by atoms with Crippen molar-refractivity contribution in [2.75, 3.05) is 12.4 Å². The minimum absolute atomic E-state index is 0.198. The third kappa shape index (κ3) is 3.67. The van der Waals surface area contributed by atoms with Crippen molar-refractivity contribution >= 4 is 39.7 Å². The van der Waals surface area contributed by atoms with Crippen LogP contribution in [-0.4, -0.2) is 18.1 Å². The second-order valence-corrected chi connectivity index (χ2v) is 7.20. The number of hydrogen-bond donors (Lipinski definition) is 3. The van der Waals surface area contributed by atoms with Crippen molar-refractivity contribution in [3.05, 3.63) is 83.6 Å². The number of hydrogen-bond acceptors (Lipinski definition) is 3. The molecule has 3 aromatic rings. The smallest absolute Gasteiger partial charge is 0.255 e. The number of fused-ring (bicyclic) bond motifs is 1. The summed E-state index contributed by atoms with van der Waals surface area (Å²) in [5.74, 6) is 0.500. The van der Waals surface area contributed by atoms with Gasteiger partial charge < -0.3 is 20.7 Å². The van der Waals surface area contributed by atoms with Gasteiger partial charge in [0.05, 0.1) is 18.7 Å². The molecule has 0 spiro atoms. The van der Waals surface area contributed by atoms with Crippen molar-refractivity contribution < 1.29 is 9.53 Å². The van der Waals surface area contributed by atoms with Crippen LogP contribution in [0, 0.1) is 0 Å². The maximum atomic E-state index is 13.3. The van der Waals surface area contributed by atoms with E-state index < -0.39 is 6.04 Å². The second-order valence-electron chi connectivity index (χ2n) is 6.79. The van der Waals surface area contributed by atoms with Crippen molar-refractivity contribution in [3.8, 4) is 5.75 Å². The SMILES string of the molecule is COc1ccc2ccccc2c1C1NC(=S)NC(C)=C1C(=O)Nc1ccccc1. The molecule has 1 amide bonds. The van der Waals surface area contributed by atoms with E-state index in [1.54, 1.807) is 7.11 Å². The Balaban J connectivity index is 1.85. The molecule has 1 aliphatic rings. The Morgan fingerprint density at radius 2 is 1.76 bits per heavy atom. The summed E-state index contributed by atoms with van der Waals surface area (Å²) in [7, 11) is 1.63. The van der Waals surface area contributed by atoms with Gasteiger partial charge in [-0.15, -0.1) is 0 Å². The predicted octanol–water partition coefficient (Wildman–Crippen LogP) is 4.28. The van der Waals surface area contributed by atoms with E-state index in [4.69, 9.17) is 17.0 Å². The Kier molecular flexibility index (Phi) is 5.18. The maximum Gasteiger partial charge on any atom is 0.255 e. The fraction of sp³-hybridized carbons (Fsp3) is 0.130. The summed E-state index contributed by atoms with van der Waals surface area (Å²) in [4.78, 5) is 13.3. The van der Waals surface area contributed by atoms with Gasteiger partial charge in [0, 0.05) is 16.9 Å². The molecule has 0 saturated heterocycles. The van der Waals surface area contributed by atoms with Crippen LogP contribution >= 0.6 is 12.2 Å². The second kappa shape index (κ2) is 7.93. The zero-order chi connectivity index (χ0) is 20.4. The van der Waals surface area contributed by atoms with Gasteiger partial charge in [-0.25, -0.2) is 0 Å². The summed E-state index contributed by atoms with van der Waals surface area (Å²) in [5.41, 5.74) is 2.89. The van der Waals surface area contributed by atoms with Gasteiger partial charge in [0.15, 0.2) is 5.11 Å². The highest BCUT2D eigenvalue weighted by Gasteiger charge is 2.33. The van der Waals surface area contributed by atoms with E-state index in [2.05, 4.69) is 16.0 Å².